The fraction of sp³-hybridized carbons (Fsp3) is 0. The lowest BCUT2D eigenvalue weighted by atomic mass is 9.93. The van der Waals surface area contributed by atoms with Crippen LogP contribution in [0.3, 0.4) is 0 Å². The summed E-state index contributed by atoms with van der Waals surface area (Å²) in [6.45, 7) is 0. The number of para-hydroxylation sites is 2. The summed E-state index contributed by atoms with van der Waals surface area (Å²) in [7, 11) is 0. The molecule has 0 fully saturated rings. The van der Waals surface area contributed by atoms with E-state index in [0.717, 1.165) is 61.3 Å². The largest absolute Gasteiger partial charge is 0.455 e. The highest BCUT2D eigenvalue weighted by molar-refractivity contribution is 6.19. The van der Waals surface area contributed by atoms with Crippen molar-refractivity contribution in [3.05, 3.63) is 237 Å². The van der Waals surface area contributed by atoms with Gasteiger partial charge >= 0.3 is 0 Å². The number of furan rings is 1. The van der Waals surface area contributed by atoms with Crippen LogP contribution in [-0.4, -0.2) is 0 Å². The first-order chi connectivity index (χ1) is 30.8. The molecule has 2 nitrogen and oxygen atoms in total. The topological polar surface area (TPSA) is 16.4 Å². The van der Waals surface area contributed by atoms with Crippen molar-refractivity contribution < 1.29 is 4.42 Å². The Morgan fingerprint density at radius 2 is 0.855 bits per heavy atom. The fourth-order valence-corrected chi connectivity index (χ4v) is 9.55. The number of benzene rings is 11. The van der Waals surface area contributed by atoms with E-state index in [2.05, 4.69) is 241 Å². The molecule has 0 aliphatic rings. The highest BCUT2D eigenvalue weighted by atomic mass is 16.3. The molecule has 0 aliphatic carbocycles. The van der Waals surface area contributed by atoms with Gasteiger partial charge in [-0.15, -0.1) is 0 Å². The zero-order chi connectivity index (χ0) is 41.0. The van der Waals surface area contributed by atoms with E-state index in [4.69, 9.17) is 4.42 Å². The van der Waals surface area contributed by atoms with Crippen LogP contribution < -0.4 is 4.90 Å². The van der Waals surface area contributed by atoms with Gasteiger partial charge in [0.15, 0.2) is 0 Å². The van der Waals surface area contributed by atoms with Crippen molar-refractivity contribution in [1.29, 1.82) is 0 Å². The Morgan fingerprint density at radius 1 is 0.290 bits per heavy atom. The van der Waals surface area contributed by atoms with Gasteiger partial charge in [-0.05, 0) is 108 Å². The molecule has 0 N–H and O–H groups in total. The third kappa shape index (κ3) is 5.96. The molecule has 2 heteroatoms. The Labute approximate surface area is 360 Å². The predicted molar refractivity (Wildman–Crippen MR) is 263 cm³/mol. The van der Waals surface area contributed by atoms with Crippen LogP contribution in [0.25, 0.3) is 98.8 Å². The van der Waals surface area contributed by atoms with Gasteiger partial charge in [0.2, 0.25) is 0 Å². The van der Waals surface area contributed by atoms with Crippen LogP contribution in [-0.2, 0) is 0 Å². The standard InChI is InChI=1S/C60H39NO/c1-2-15-40(16-3-1)41-29-31-43(32-30-41)49-22-10-12-27-56(49)61(46-35-33-44(34-36-46)55-39-45-18-5-7-21-48(45)50-23-8-9-24-52(50)55)57-38-37-53(51-26-14-19-42-17-4-6-20-47(42)51)60-59(57)54-25-11-13-28-58(54)62-60/h1-39H. The summed E-state index contributed by atoms with van der Waals surface area (Å²) in [6.07, 6.45) is 0. The molecule has 0 aliphatic heterocycles. The normalized spacial score (nSPS) is 11.5. The van der Waals surface area contributed by atoms with E-state index in [1.54, 1.807) is 0 Å². The van der Waals surface area contributed by atoms with E-state index in [0.29, 0.717) is 0 Å². The Hall–Kier alpha value is -8.20. The molecule has 12 rings (SSSR count). The first-order valence-electron chi connectivity index (χ1n) is 21.3. The quantitative estimate of drug-likeness (QED) is 0.150. The van der Waals surface area contributed by atoms with Crippen LogP contribution in [0.2, 0.25) is 0 Å². The van der Waals surface area contributed by atoms with Crippen molar-refractivity contribution in [2.24, 2.45) is 0 Å². The molecule has 1 aromatic heterocycles. The zero-order valence-electron chi connectivity index (χ0n) is 33.9. The summed E-state index contributed by atoms with van der Waals surface area (Å²) in [5.41, 5.74) is 14.2. The van der Waals surface area contributed by atoms with E-state index in [9.17, 15) is 0 Å². The Kier molecular flexibility index (Phi) is 8.53. The van der Waals surface area contributed by atoms with E-state index >= 15 is 0 Å². The predicted octanol–water partition coefficient (Wildman–Crippen LogP) is 17.2. The number of anilines is 3. The maximum absolute atomic E-state index is 6.95. The molecule has 12 aromatic rings. The van der Waals surface area contributed by atoms with Gasteiger partial charge in [0.1, 0.15) is 11.2 Å². The van der Waals surface area contributed by atoms with Gasteiger partial charge in [-0.25, -0.2) is 0 Å². The molecule has 1 heterocycles. The highest BCUT2D eigenvalue weighted by Gasteiger charge is 2.25. The first kappa shape index (κ1) is 35.7. The van der Waals surface area contributed by atoms with Gasteiger partial charge in [0.05, 0.1) is 16.8 Å². The lowest BCUT2D eigenvalue weighted by Crippen LogP contribution is -2.11. The van der Waals surface area contributed by atoms with Crippen LogP contribution in [0, 0.1) is 0 Å². The van der Waals surface area contributed by atoms with Gasteiger partial charge in [-0.1, -0.05) is 194 Å². The minimum Gasteiger partial charge on any atom is -0.455 e. The van der Waals surface area contributed by atoms with E-state index in [1.807, 2.05) is 0 Å². The maximum atomic E-state index is 6.95. The number of hydrogen-bond acceptors (Lipinski definition) is 2. The second kappa shape index (κ2) is 14.8. The highest BCUT2D eigenvalue weighted by Crippen LogP contribution is 2.49. The average Bonchev–Trinajstić information content (AvgIpc) is 3.75. The summed E-state index contributed by atoms with van der Waals surface area (Å²) in [5, 5.41) is 9.56. The minimum absolute atomic E-state index is 0.861. The summed E-state index contributed by atoms with van der Waals surface area (Å²) in [4.78, 5) is 2.43. The van der Waals surface area contributed by atoms with Gasteiger partial charge in [-0.3, -0.25) is 0 Å². The smallest absolute Gasteiger partial charge is 0.145 e. The second-order valence-electron chi connectivity index (χ2n) is 16.0. The van der Waals surface area contributed by atoms with Crippen LogP contribution >= 0.6 is 0 Å². The summed E-state index contributed by atoms with van der Waals surface area (Å²) in [5.74, 6) is 0. The van der Waals surface area contributed by atoms with Crippen molar-refractivity contribution in [3.8, 4) is 44.5 Å². The molecule has 62 heavy (non-hydrogen) atoms. The number of nitrogens with zero attached hydrogens (tertiary/aromatic N) is 1. The molecule has 0 radical (unpaired) electrons. The second-order valence-corrected chi connectivity index (χ2v) is 16.0. The van der Waals surface area contributed by atoms with Crippen molar-refractivity contribution in [3.63, 3.8) is 0 Å². The van der Waals surface area contributed by atoms with Crippen molar-refractivity contribution in [1.82, 2.24) is 0 Å². The molecule has 0 atom stereocenters. The summed E-state index contributed by atoms with van der Waals surface area (Å²) < 4.78 is 6.95. The number of fused-ring (bicyclic) bond motifs is 7. The zero-order valence-corrected chi connectivity index (χ0v) is 33.9. The maximum Gasteiger partial charge on any atom is 0.145 e. The molecule has 0 saturated carbocycles. The van der Waals surface area contributed by atoms with Crippen molar-refractivity contribution in [2.75, 3.05) is 4.90 Å². The van der Waals surface area contributed by atoms with Crippen LogP contribution in [0.15, 0.2) is 241 Å². The molecule has 11 aromatic carbocycles. The molecular weight excluding hydrogens is 751 g/mol. The van der Waals surface area contributed by atoms with Crippen LogP contribution in [0.1, 0.15) is 0 Å². The van der Waals surface area contributed by atoms with Gasteiger partial charge in [0, 0.05) is 22.2 Å². The van der Waals surface area contributed by atoms with E-state index in [1.165, 1.54) is 54.6 Å². The van der Waals surface area contributed by atoms with Crippen LogP contribution in [0.4, 0.5) is 17.1 Å². The van der Waals surface area contributed by atoms with Gasteiger partial charge in [0.25, 0.3) is 0 Å². The monoisotopic (exact) mass is 789 g/mol. The summed E-state index contributed by atoms with van der Waals surface area (Å²) >= 11 is 0. The SMILES string of the molecule is c1ccc(-c2ccc(-c3ccccc3N(c3ccc(-c4cc5ccccc5c5ccccc45)cc3)c3ccc(-c4cccc5ccccc45)c4oc5ccccc5c34)cc2)cc1. The van der Waals surface area contributed by atoms with Crippen molar-refractivity contribution in [2.45, 2.75) is 0 Å². The van der Waals surface area contributed by atoms with Crippen molar-refractivity contribution >= 4 is 71.3 Å². The van der Waals surface area contributed by atoms with Gasteiger partial charge < -0.3 is 9.32 Å². The van der Waals surface area contributed by atoms with Crippen LogP contribution in [0.5, 0.6) is 0 Å². The van der Waals surface area contributed by atoms with E-state index in [-0.39, 0.29) is 0 Å². The molecule has 0 spiro atoms. The lowest BCUT2D eigenvalue weighted by molar-refractivity contribution is 0.670. The molecule has 0 amide bonds. The Morgan fingerprint density at radius 3 is 1.68 bits per heavy atom. The van der Waals surface area contributed by atoms with E-state index < -0.39 is 0 Å². The Balaban J connectivity index is 1.09. The molecule has 290 valence electrons. The third-order valence-corrected chi connectivity index (χ3v) is 12.5. The first-order valence-corrected chi connectivity index (χ1v) is 21.3. The number of hydrogen-bond donors (Lipinski definition) is 0. The lowest BCUT2D eigenvalue weighted by Gasteiger charge is -2.29. The van der Waals surface area contributed by atoms with Gasteiger partial charge in [-0.2, -0.15) is 0 Å². The Bertz CT molecular complexity index is 3610. The molecule has 0 saturated heterocycles. The molecule has 0 bridgehead atoms. The summed E-state index contributed by atoms with van der Waals surface area (Å²) in [6, 6.07) is 85.4. The number of rotatable bonds is 7. The third-order valence-electron chi connectivity index (χ3n) is 12.5. The molecule has 0 unspecified atom stereocenters. The minimum atomic E-state index is 0.861. The average molecular weight is 790 g/mol. The molecular formula is C60H39NO. The fourth-order valence-electron chi connectivity index (χ4n) is 9.55.